The number of thiazole rings is 1. The Morgan fingerprint density at radius 2 is 2.21 bits per heavy atom. The van der Waals surface area contributed by atoms with Crippen LogP contribution in [0.25, 0.3) is 21.5 Å². The largest absolute Gasteiger partial charge is 0.493 e. The molecule has 0 unspecified atom stereocenters. The lowest BCUT2D eigenvalue weighted by molar-refractivity contribution is -0.384. The zero-order valence-electron chi connectivity index (χ0n) is 13.1. The maximum absolute atomic E-state index is 11.0. The van der Waals surface area contributed by atoms with Crippen LogP contribution in [0.2, 0.25) is 0 Å². The summed E-state index contributed by atoms with van der Waals surface area (Å²) in [6, 6.07) is 6.50. The van der Waals surface area contributed by atoms with Crippen LogP contribution in [-0.4, -0.2) is 21.5 Å². The van der Waals surface area contributed by atoms with Gasteiger partial charge in [-0.25, -0.2) is 9.97 Å². The van der Waals surface area contributed by atoms with Crippen LogP contribution >= 0.6 is 11.3 Å². The predicted molar refractivity (Wildman–Crippen MR) is 92.6 cm³/mol. The molecule has 0 spiro atoms. The molecule has 2 aromatic heterocycles. The van der Waals surface area contributed by atoms with Crippen molar-refractivity contribution in [1.29, 1.82) is 0 Å². The molecule has 7 heteroatoms. The van der Waals surface area contributed by atoms with Gasteiger partial charge < -0.3 is 4.74 Å². The van der Waals surface area contributed by atoms with Gasteiger partial charge in [0.2, 0.25) is 0 Å². The van der Waals surface area contributed by atoms with Gasteiger partial charge in [-0.2, -0.15) is 0 Å². The van der Waals surface area contributed by atoms with E-state index in [1.165, 1.54) is 25.0 Å². The number of aromatic nitrogens is 2. The highest BCUT2D eigenvalue weighted by atomic mass is 32.1. The molecule has 0 aliphatic heterocycles. The fourth-order valence-electron chi connectivity index (χ4n) is 2.62. The van der Waals surface area contributed by atoms with Gasteiger partial charge in [-0.05, 0) is 25.8 Å². The number of non-ortho nitro benzene ring substituents is 1. The summed E-state index contributed by atoms with van der Waals surface area (Å²) in [6.45, 7) is 2.37. The molecular formula is C17H15N3O3S. The Labute approximate surface area is 142 Å². The van der Waals surface area contributed by atoms with Crippen molar-refractivity contribution in [2.75, 3.05) is 6.61 Å². The Bertz CT molecular complexity index is 934. The summed E-state index contributed by atoms with van der Waals surface area (Å²) in [7, 11) is 0. The lowest BCUT2D eigenvalue weighted by Crippen LogP contribution is -1.96. The van der Waals surface area contributed by atoms with Gasteiger partial charge in [0.05, 0.1) is 32.6 Å². The Hall–Kier alpha value is -2.54. The quantitative estimate of drug-likeness (QED) is 0.503. The third kappa shape index (κ3) is 2.71. The van der Waals surface area contributed by atoms with Gasteiger partial charge in [0.1, 0.15) is 5.75 Å². The molecule has 0 amide bonds. The molecule has 4 rings (SSSR count). The van der Waals surface area contributed by atoms with Crippen LogP contribution in [0, 0.1) is 10.1 Å². The van der Waals surface area contributed by atoms with Crippen molar-refractivity contribution < 1.29 is 9.66 Å². The Morgan fingerprint density at radius 3 is 2.92 bits per heavy atom. The number of fused-ring (bicyclic) bond motifs is 1. The van der Waals surface area contributed by atoms with Gasteiger partial charge in [-0.15, -0.1) is 11.3 Å². The second kappa shape index (κ2) is 5.83. The molecule has 1 saturated carbocycles. The summed E-state index contributed by atoms with van der Waals surface area (Å²) < 4.78 is 5.70. The molecule has 3 aromatic rings. The minimum Gasteiger partial charge on any atom is -0.493 e. The number of nitro groups is 1. The predicted octanol–water partition coefficient (Wildman–Crippen LogP) is 4.54. The van der Waals surface area contributed by atoms with Crippen molar-refractivity contribution in [1.82, 2.24) is 9.97 Å². The molecule has 2 heterocycles. The number of ether oxygens (including phenoxy) is 1. The Kier molecular flexibility index (Phi) is 3.65. The molecular weight excluding hydrogens is 326 g/mol. The zero-order chi connectivity index (χ0) is 16.7. The first-order valence-corrected chi connectivity index (χ1v) is 8.65. The van der Waals surface area contributed by atoms with Crippen molar-refractivity contribution in [2.24, 2.45) is 0 Å². The summed E-state index contributed by atoms with van der Waals surface area (Å²) in [5.41, 5.74) is 1.51. The van der Waals surface area contributed by atoms with Crippen LogP contribution < -0.4 is 4.74 Å². The molecule has 1 aliphatic rings. The summed E-state index contributed by atoms with van der Waals surface area (Å²) in [6.07, 6.45) is 4.28. The van der Waals surface area contributed by atoms with Crippen LogP contribution in [0.15, 0.2) is 30.5 Å². The number of hydrogen-bond acceptors (Lipinski definition) is 6. The number of nitro benzene ring substituents is 1. The summed E-state index contributed by atoms with van der Waals surface area (Å²) in [4.78, 5) is 20.7. The first-order chi connectivity index (χ1) is 11.7. The van der Waals surface area contributed by atoms with Crippen LogP contribution in [0.1, 0.15) is 30.7 Å². The van der Waals surface area contributed by atoms with E-state index in [-0.39, 0.29) is 5.69 Å². The molecule has 0 radical (unpaired) electrons. The summed E-state index contributed by atoms with van der Waals surface area (Å²) in [5.74, 6) is 1.22. The summed E-state index contributed by atoms with van der Waals surface area (Å²) in [5, 5.41) is 12.8. The first kappa shape index (κ1) is 15.0. The Morgan fingerprint density at radius 1 is 1.38 bits per heavy atom. The van der Waals surface area contributed by atoms with Gasteiger partial charge in [-0.3, -0.25) is 10.1 Å². The fraction of sp³-hybridized carbons (Fsp3) is 0.294. The molecule has 1 aliphatic carbocycles. The minimum atomic E-state index is -0.409. The van der Waals surface area contributed by atoms with Gasteiger partial charge in [0.15, 0.2) is 0 Å². The van der Waals surface area contributed by atoms with E-state index in [0.29, 0.717) is 29.2 Å². The van der Waals surface area contributed by atoms with Crippen molar-refractivity contribution >= 4 is 27.9 Å². The second-order valence-electron chi connectivity index (χ2n) is 5.73. The van der Waals surface area contributed by atoms with Crippen LogP contribution in [0.3, 0.4) is 0 Å². The average Bonchev–Trinajstić information content (AvgIpc) is 3.31. The lowest BCUT2D eigenvalue weighted by Gasteiger charge is -2.09. The van der Waals surface area contributed by atoms with Gasteiger partial charge >= 0.3 is 0 Å². The van der Waals surface area contributed by atoms with Gasteiger partial charge in [0.25, 0.3) is 5.69 Å². The monoisotopic (exact) mass is 341 g/mol. The maximum atomic E-state index is 11.0. The van der Waals surface area contributed by atoms with E-state index in [2.05, 4.69) is 9.97 Å². The number of pyridine rings is 1. The third-order valence-corrected chi connectivity index (χ3v) is 5.15. The van der Waals surface area contributed by atoms with E-state index in [4.69, 9.17) is 4.74 Å². The van der Waals surface area contributed by atoms with E-state index in [1.54, 1.807) is 17.4 Å². The Balaban J connectivity index is 1.83. The van der Waals surface area contributed by atoms with Crippen molar-refractivity contribution in [3.05, 3.63) is 45.6 Å². The normalized spacial score (nSPS) is 14.0. The average molecular weight is 341 g/mol. The second-order valence-corrected chi connectivity index (χ2v) is 6.80. The standard InChI is InChI=1S/C17H15N3O3S/c1-2-23-15-8-14(16-9-18-17(24-16)10-3-4-10)19-13-6-5-11(20(21)22)7-12(13)15/h5-10H,2-4H2,1H3. The highest BCUT2D eigenvalue weighted by Crippen LogP contribution is 2.44. The molecule has 1 fully saturated rings. The molecule has 24 heavy (non-hydrogen) atoms. The summed E-state index contributed by atoms with van der Waals surface area (Å²) >= 11 is 1.66. The van der Waals surface area contributed by atoms with Crippen molar-refractivity contribution in [3.8, 4) is 16.3 Å². The maximum Gasteiger partial charge on any atom is 0.270 e. The van der Waals surface area contributed by atoms with Crippen LogP contribution in [0.4, 0.5) is 5.69 Å². The first-order valence-electron chi connectivity index (χ1n) is 7.84. The fourth-order valence-corrected chi connectivity index (χ4v) is 3.67. The molecule has 122 valence electrons. The topological polar surface area (TPSA) is 78.2 Å². The molecule has 1 aromatic carbocycles. The molecule has 0 atom stereocenters. The number of hydrogen-bond donors (Lipinski definition) is 0. The van der Waals surface area contributed by atoms with E-state index < -0.39 is 4.92 Å². The lowest BCUT2D eigenvalue weighted by atomic mass is 10.1. The van der Waals surface area contributed by atoms with Crippen LogP contribution in [-0.2, 0) is 0 Å². The van der Waals surface area contributed by atoms with Crippen LogP contribution in [0.5, 0.6) is 5.75 Å². The smallest absolute Gasteiger partial charge is 0.270 e. The van der Waals surface area contributed by atoms with E-state index in [9.17, 15) is 10.1 Å². The van der Waals surface area contributed by atoms with E-state index in [0.717, 1.165) is 15.6 Å². The van der Waals surface area contributed by atoms with Crippen molar-refractivity contribution in [2.45, 2.75) is 25.7 Å². The molecule has 6 nitrogen and oxygen atoms in total. The minimum absolute atomic E-state index is 0.0341. The number of benzene rings is 1. The zero-order valence-corrected chi connectivity index (χ0v) is 13.9. The van der Waals surface area contributed by atoms with Gasteiger partial charge in [-0.1, -0.05) is 0 Å². The molecule has 0 bridgehead atoms. The molecule has 0 saturated heterocycles. The van der Waals surface area contributed by atoms with E-state index >= 15 is 0 Å². The number of nitrogens with zero attached hydrogens (tertiary/aromatic N) is 3. The number of rotatable bonds is 5. The van der Waals surface area contributed by atoms with Crippen molar-refractivity contribution in [3.63, 3.8) is 0 Å². The molecule has 0 N–H and O–H groups in total. The SMILES string of the molecule is CCOc1cc(-c2cnc(C3CC3)s2)nc2ccc([N+](=O)[O-])cc12. The highest BCUT2D eigenvalue weighted by Gasteiger charge is 2.27. The highest BCUT2D eigenvalue weighted by molar-refractivity contribution is 7.15. The van der Waals surface area contributed by atoms with Gasteiger partial charge in [0, 0.05) is 35.7 Å². The third-order valence-electron chi connectivity index (χ3n) is 3.97. The van der Waals surface area contributed by atoms with E-state index in [1.807, 2.05) is 19.2 Å².